The Kier molecular flexibility index (Phi) is 4.55. The smallest absolute Gasteiger partial charge is 0.404 e. The maximum absolute atomic E-state index is 11.5. The number of nitro groups is 1. The van der Waals surface area contributed by atoms with Gasteiger partial charge in [0.2, 0.25) is 5.91 Å². The summed E-state index contributed by atoms with van der Waals surface area (Å²) in [6.07, 6.45) is 0.262. The fourth-order valence-electron chi connectivity index (χ4n) is 1.85. The molecule has 7 nitrogen and oxygen atoms in total. The number of carbonyl (C=O) groups is 1. The number of nitrogens with zero attached hydrogens (tertiary/aromatic N) is 1. The van der Waals surface area contributed by atoms with Crippen molar-refractivity contribution in [2.75, 3.05) is 12.4 Å². The molecule has 0 saturated carbocycles. The predicted molar refractivity (Wildman–Crippen MR) is 76.9 cm³/mol. The fourth-order valence-corrected chi connectivity index (χ4v) is 1.85. The molecule has 7 heteroatoms. The molecule has 110 valence electrons. The first kappa shape index (κ1) is 14.6. The third-order valence-electron chi connectivity index (χ3n) is 2.93. The largest absolute Gasteiger partial charge is 0.433 e. The van der Waals surface area contributed by atoms with E-state index in [0.717, 1.165) is 11.3 Å². The molecule has 2 rings (SSSR count). The normalized spacial score (nSPS) is 10.1. The number of carbonyl (C=O) groups excluding carboxylic acids is 1. The van der Waals surface area contributed by atoms with E-state index < -0.39 is 4.92 Å². The molecule has 0 saturated heterocycles. The maximum atomic E-state index is 11.5. The highest BCUT2D eigenvalue weighted by atomic mass is 16.6. The highest BCUT2D eigenvalue weighted by molar-refractivity contribution is 5.80. The van der Waals surface area contributed by atoms with Gasteiger partial charge in [0.1, 0.15) is 10.7 Å². The summed E-state index contributed by atoms with van der Waals surface area (Å²) in [6, 6.07) is 10.2. The average molecular weight is 289 g/mol. The molecule has 1 heterocycles. The van der Waals surface area contributed by atoms with E-state index in [1.807, 2.05) is 24.3 Å². The molecule has 0 spiro atoms. The molecule has 0 bridgehead atoms. The van der Waals surface area contributed by atoms with Crippen LogP contribution in [0.25, 0.3) is 0 Å². The van der Waals surface area contributed by atoms with E-state index in [1.54, 1.807) is 13.1 Å². The van der Waals surface area contributed by atoms with Crippen molar-refractivity contribution in [3.63, 3.8) is 0 Å². The number of hydrogen-bond donors (Lipinski definition) is 2. The van der Waals surface area contributed by atoms with Crippen molar-refractivity contribution >= 4 is 17.5 Å². The van der Waals surface area contributed by atoms with Crippen molar-refractivity contribution in [3.05, 3.63) is 57.8 Å². The average Bonchev–Trinajstić information content (AvgIpc) is 2.95. The standard InChI is InChI=1S/C14H15N3O4/c1-15-13(18)8-10-4-2-3-5-12(10)16-9-11-6-7-14(21-11)17(19)20/h2-7,16H,8-9H2,1H3,(H,15,18). The Morgan fingerprint density at radius 1 is 1.29 bits per heavy atom. The van der Waals surface area contributed by atoms with Crippen LogP contribution in [-0.2, 0) is 17.8 Å². The third kappa shape index (κ3) is 3.82. The van der Waals surface area contributed by atoms with Crippen molar-refractivity contribution in [1.82, 2.24) is 5.32 Å². The minimum Gasteiger partial charge on any atom is -0.404 e. The van der Waals surface area contributed by atoms with Crippen molar-refractivity contribution < 1.29 is 14.1 Å². The molecule has 0 unspecified atom stereocenters. The Morgan fingerprint density at radius 3 is 2.71 bits per heavy atom. The molecular formula is C14H15N3O4. The van der Waals surface area contributed by atoms with Crippen LogP contribution >= 0.6 is 0 Å². The predicted octanol–water partition coefficient (Wildman–Crippen LogP) is 2.09. The molecule has 0 aliphatic heterocycles. The van der Waals surface area contributed by atoms with Crippen LogP contribution in [0, 0.1) is 10.1 Å². The van der Waals surface area contributed by atoms with Gasteiger partial charge in [-0.05, 0) is 17.7 Å². The van der Waals surface area contributed by atoms with E-state index >= 15 is 0 Å². The summed E-state index contributed by atoms with van der Waals surface area (Å²) < 4.78 is 5.07. The summed E-state index contributed by atoms with van der Waals surface area (Å²) >= 11 is 0. The van der Waals surface area contributed by atoms with Gasteiger partial charge in [0, 0.05) is 12.7 Å². The summed E-state index contributed by atoms with van der Waals surface area (Å²) in [4.78, 5) is 21.4. The van der Waals surface area contributed by atoms with Crippen LogP contribution in [0.4, 0.5) is 11.6 Å². The maximum Gasteiger partial charge on any atom is 0.433 e. The van der Waals surface area contributed by atoms with Gasteiger partial charge in [-0.25, -0.2) is 0 Å². The Labute approximate surface area is 121 Å². The van der Waals surface area contributed by atoms with Gasteiger partial charge in [-0.3, -0.25) is 14.9 Å². The van der Waals surface area contributed by atoms with Gasteiger partial charge < -0.3 is 15.1 Å². The molecular weight excluding hydrogens is 274 g/mol. The van der Waals surface area contributed by atoms with E-state index in [-0.39, 0.29) is 18.2 Å². The quantitative estimate of drug-likeness (QED) is 0.627. The van der Waals surface area contributed by atoms with Gasteiger partial charge in [0.25, 0.3) is 0 Å². The Hall–Kier alpha value is -2.83. The molecule has 0 aliphatic rings. The van der Waals surface area contributed by atoms with Crippen LogP contribution in [0.1, 0.15) is 11.3 Å². The molecule has 1 aromatic carbocycles. The first-order valence-electron chi connectivity index (χ1n) is 6.35. The lowest BCUT2D eigenvalue weighted by Crippen LogP contribution is -2.20. The van der Waals surface area contributed by atoms with Gasteiger partial charge in [0.15, 0.2) is 0 Å². The Balaban J connectivity index is 2.05. The van der Waals surface area contributed by atoms with Gasteiger partial charge in [-0.15, -0.1) is 0 Å². The first-order valence-corrected chi connectivity index (χ1v) is 6.35. The van der Waals surface area contributed by atoms with Crippen LogP contribution in [0.3, 0.4) is 0 Å². The number of rotatable bonds is 6. The Morgan fingerprint density at radius 2 is 2.05 bits per heavy atom. The van der Waals surface area contributed by atoms with E-state index in [1.165, 1.54) is 6.07 Å². The zero-order valence-corrected chi connectivity index (χ0v) is 11.5. The van der Waals surface area contributed by atoms with Crippen molar-refractivity contribution in [2.45, 2.75) is 13.0 Å². The molecule has 0 fully saturated rings. The minimum atomic E-state index is -0.580. The van der Waals surface area contributed by atoms with Crippen molar-refractivity contribution in [3.8, 4) is 0 Å². The SMILES string of the molecule is CNC(=O)Cc1ccccc1NCc1ccc([N+](=O)[O-])o1. The molecule has 0 radical (unpaired) electrons. The molecule has 0 aliphatic carbocycles. The zero-order valence-electron chi connectivity index (χ0n) is 11.5. The summed E-state index contributed by atoms with van der Waals surface area (Å²) in [6.45, 7) is 0.304. The molecule has 1 aromatic heterocycles. The summed E-state index contributed by atoms with van der Waals surface area (Å²) in [5.74, 6) is 0.0831. The van der Waals surface area contributed by atoms with Crippen molar-refractivity contribution in [2.24, 2.45) is 0 Å². The summed E-state index contributed by atoms with van der Waals surface area (Å²) in [7, 11) is 1.58. The zero-order chi connectivity index (χ0) is 15.2. The van der Waals surface area contributed by atoms with Crippen LogP contribution in [0.2, 0.25) is 0 Å². The van der Waals surface area contributed by atoms with Gasteiger partial charge in [-0.2, -0.15) is 0 Å². The number of nitrogens with one attached hydrogen (secondary N) is 2. The molecule has 2 aromatic rings. The number of likely N-dealkylation sites (N-methyl/N-ethyl adjacent to an activating group) is 1. The van der Waals surface area contributed by atoms with Gasteiger partial charge in [-0.1, -0.05) is 18.2 Å². The van der Waals surface area contributed by atoms with E-state index in [9.17, 15) is 14.9 Å². The minimum absolute atomic E-state index is 0.0853. The number of para-hydroxylation sites is 1. The topological polar surface area (TPSA) is 97.4 Å². The summed E-state index contributed by atoms with van der Waals surface area (Å²) in [5.41, 5.74) is 1.64. The van der Waals surface area contributed by atoms with E-state index in [2.05, 4.69) is 10.6 Å². The van der Waals surface area contributed by atoms with E-state index in [0.29, 0.717) is 12.3 Å². The second-order valence-electron chi connectivity index (χ2n) is 4.36. The highest BCUT2D eigenvalue weighted by Crippen LogP contribution is 2.19. The van der Waals surface area contributed by atoms with Crippen LogP contribution < -0.4 is 10.6 Å². The van der Waals surface area contributed by atoms with Crippen LogP contribution in [-0.4, -0.2) is 17.9 Å². The number of benzene rings is 1. The number of anilines is 1. The van der Waals surface area contributed by atoms with Crippen LogP contribution in [0.5, 0.6) is 0 Å². The lowest BCUT2D eigenvalue weighted by Gasteiger charge is -2.10. The molecule has 1 amide bonds. The Bertz CT molecular complexity index is 651. The fraction of sp³-hybridized carbons (Fsp3) is 0.214. The summed E-state index contributed by atoms with van der Waals surface area (Å²) in [5, 5.41) is 16.2. The lowest BCUT2D eigenvalue weighted by molar-refractivity contribution is -0.402. The van der Waals surface area contributed by atoms with Gasteiger partial charge >= 0.3 is 5.88 Å². The monoisotopic (exact) mass is 289 g/mol. The van der Waals surface area contributed by atoms with Gasteiger partial charge in [0.05, 0.1) is 19.0 Å². The van der Waals surface area contributed by atoms with Crippen LogP contribution in [0.15, 0.2) is 40.8 Å². The van der Waals surface area contributed by atoms with Crippen molar-refractivity contribution in [1.29, 1.82) is 0 Å². The third-order valence-corrected chi connectivity index (χ3v) is 2.93. The molecule has 21 heavy (non-hydrogen) atoms. The lowest BCUT2D eigenvalue weighted by atomic mass is 10.1. The molecule has 0 atom stereocenters. The number of amides is 1. The highest BCUT2D eigenvalue weighted by Gasteiger charge is 2.12. The number of furan rings is 1. The second kappa shape index (κ2) is 6.56. The molecule has 2 N–H and O–H groups in total. The number of hydrogen-bond acceptors (Lipinski definition) is 5. The first-order chi connectivity index (χ1) is 10.1. The second-order valence-corrected chi connectivity index (χ2v) is 4.36. The van der Waals surface area contributed by atoms with E-state index in [4.69, 9.17) is 4.42 Å².